The molecule has 3 rings (SSSR count). The van der Waals surface area contributed by atoms with Gasteiger partial charge in [-0.05, 0) is 43.7 Å². The monoisotopic (exact) mass is 399 g/mol. The molecule has 2 atom stereocenters. The van der Waals surface area contributed by atoms with E-state index in [0.29, 0.717) is 12.0 Å². The smallest absolute Gasteiger partial charge is 0.243 e. The zero-order valence-corrected chi connectivity index (χ0v) is 18.3. The van der Waals surface area contributed by atoms with E-state index in [4.69, 9.17) is 0 Å². The van der Waals surface area contributed by atoms with Gasteiger partial charge in [-0.2, -0.15) is 0 Å². The van der Waals surface area contributed by atoms with Crippen molar-refractivity contribution in [2.24, 2.45) is 10.9 Å². The Hall–Kier alpha value is -2.08. The Labute approximate surface area is 176 Å². The van der Waals surface area contributed by atoms with Gasteiger partial charge in [0.15, 0.2) is 5.96 Å². The van der Waals surface area contributed by atoms with Crippen LogP contribution in [0.1, 0.15) is 38.2 Å². The molecule has 6 nitrogen and oxygen atoms in total. The van der Waals surface area contributed by atoms with Gasteiger partial charge >= 0.3 is 0 Å². The van der Waals surface area contributed by atoms with Crippen molar-refractivity contribution in [3.8, 4) is 0 Å². The minimum atomic E-state index is 0.0439. The molecule has 1 aromatic carbocycles. The van der Waals surface area contributed by atoms with Crippen LogP contribution >= 0.6 is 0 Å². The first-order valence-electron chi connectivity index (χ1n) is 11.1. The lowest BCUT2D eigenvalue weighted by Gasteiger charge is -2.48. The van der Waals surface area contributed by atoms with Gasteiger partial charge in [0.05, 0.1) is 0 Å². The number of likely N-dealkylation sites (N-methyl/N-ethyl adjacent to an activating group) is 1. The van der Waals surface area contributed by atoms with E-state index in [0.717, 1.165) is 45.0 Å². The lowest BCUT2D eigenvalue weighted by molar-refractivity contribution is -0.127. The van der Waals surface area contributed by atoms with Crippen molar-refractivity contribution in [3.05, 3.63) is 35.9 Å². The Morgan fingerprint density at radius 2 is 2.00 bits per heavy atom. The molecule has 0 saturated carbocycles. The number of piperidine rings is 2. The number of rotatable bonds is 6. The van der Waals surface area contributed by atoms with Crippen LogP contribution in [0.4, 0.5) is 0 Å². The highest BCUT2D eigenvalue weighted by Crippen LogP contribution is 2.31. The molecular formula is C23H37N5O. The third-order valence-electron chi connectivity index (χ3n) is 6.11. The second-order valence-electron chi connectivity index (χ2n) is 8.52. The molecule has 0 aliphatic carbocycles. The van der Waals surface area contributed by atoms with Crippen LogP contribution in [0, 0.1) is 5.92 Å². The Morgan fingerprint density at radius 1 is 1.21 bits per heavy atom. The number of amides is 1. The number of hydrogen-bond donors (Lipinski definition) is 1. The molecule has 2 aliphatic rings. The summed E-state index contributed by atoms with van der Waals surface area (Å²) in [6, 6.07) is 11.5. The van der Waals surface area contributed by atoms with E-state index >= 15 is 0 Å². The summed E-state index contributed by atoms with van der Waals surface area (Å²) in [4.78, 5) is 23.3. The fourth-order valence-electron chi connectivity index (χ4n) is 4.50. The number of benzene rings is 1. The van der Waals surface area contributed by atoms with Crippen molar-refractivity contribution in [1.29, 1.82) is 0 Å². The number of hydrogen-bond acceptors (Lipinski definition) is 3. The van der Waals surface area contributed by atoms with Crippen LogP contribution in [0.2, 0.25) is 0 Å². The largest absolute Gasteiger partial charge is 0.356 e. The highest BCUT2D eigenvalue weighted by Gasteiger charge is 2.36. The summed E-state index contributed by atoms with van der Waals surface area (Å²) in [6.07, 6.45) is 4.75. The summed E-state index contributed by atoms with van der Waals surface area (Å²) in [7, 11) is 3.57. The molecule has 2 aliphatic heterocycles. The van der Waals surface area contributed by atoms with Gasteiger partial charge in [0.2, 0.25) is 5.91 Å². The van der Waals surface area contributed by atoms with E-state index in [2.05, 4.69) is 57.4 Å². The maximum atomic E-state index is 12.0. The average Bonchev–Trinajstić information content (AvgIpc) is 2.74. The molecular weight excluding hydrogens is 362 g/mol. The second kappa shape index (κ2) is 10.6. The minimum Gasteiger partial charge on any atom is -0.356 e. The van der Waals surface area contributed by atoms with Crippen molar-refractivity contribution < 1.29 is 4.79 Å². The summed E-state index contributed by atoms with van der Waals surface area (Å²) < 4.78 is 0. The minimum absolute atomic E-state index is 0.0439. The molecule has 2 fully saturated rings. The predicted octanol–water partition coefficient (Wildman–Crippen LogP) is 2.42. The molecule has 0 radical (unpaired) electrons. The second-order valence-corrected chi connectivity index (χ2v) is 8.52. The number of guanidine groups is 1. The van der Waals surface area contributed by atoms with E-state index in [1.165, 1.54) is 24.9 Å². The number of nitrogens with one attached hydrogen (secondary N) is 1. The molecule has 1 aromatic rings. The number of nitrogens with zero attached hydrogens (tertiary/aromatic N) is 4. The molecule has 1 N–H and O–H groups in total. The molecule has 29 heavy (non-hydrogen) atoms. The van der Waals surface area contributed by atoms with Crippen LogP contribution in [0.5, 0.6) is 0 Å². The predicted molar refractivity (Wildman–Crippen MR) is 119 cm³/mol. The van der Waals surface area contributed by atoms with Gasteiger partial charge < -0.3 is 15.1 Å². The highest BCUT2D eigenvalue weighted by molar-refractivity contribution is 5.84. The first-order valence-corrected chi connectivity index (χ1v) is 11.1. The fraction of sp³-hybridized carbons (Fsp3) is 0.652. The maximum Gasteiger partial charge on any atom is 0.243 e. The molecule has 2 unspecified atom stereocenters. The van der Waals surface area contributed by atoms with Crippen LogP contribution in [-0.4, -0.2) is 79.4 Å². The SMILES string of the molecule is CCCNC(=NCC(=O)N(C)C)N1CCC2C(CCCN2Cc2ccccc2)C1. The van der Waals surface area contributed by atoms with Crippen LogP contribution in [-0.2, 0) is 11.3 Å². The first-order chi connectivity index (χ1) is 14.1. The number of aliphatic imine (C=N–C) groups is 1. The van der Waals surface area contributed by atoms with Crippen molar-refractivity contribution >= 4 is 11.9 Å². The zero-order valence-electron chi connectivity index (χ0n) is 18.3. The van der Waals surface area contributed by atoms with Crippen molar-refractivity contribution in [2.75, 3.05) is 46.8 Å². The van der Waals surface area contributed by atoms with E-state index in [1.54, 1.807) is 19.0 Å². The number of carbonyl (C=O) groups excluding carboxylic acids is 1. The van der Waals surface area contributed by atoms with Crippen LogP contribution in [0.3, 0.4) is 0 Å². The maximum absolute atomic E-state index is 12.0. The molecule has 2 heterocycles. The van der Waals surface area contributed by atoms with Crippen LogP contribution in [0.15, 0.2) is 35.3 Å². The van der Waals surface area contributed by atoms with E-state index < -0.39 is 0 Å². The lowest BCUT2D eigenvalue weighted by atomic mass is 9.83. The van der Waals surface area contributed by atoms with Crippen molar-refractivity contribution in [3.63, 3.8) is 0 Å². The van der Waals surface area contributed by atoms with Crippen LogP contribution < -0.4 is 5.32 Å². The average molecular weight is 400 g/mol. The summed E-state index contributed by atoms with van der Waals surface area (Å²) in [5.41, 5.74) is 1.41. The first kappa shape index (κ1) is 21.6. The standard InChI is InChI=1S/C23H37N5O/c1-4-13-24-23(25-16-22(29)26(2)3)28-15-12-21-20(18-28)11-8-14-27(21)17-19-9-6-5-7-10-19/h5-7,9-10,20-21H,4,8,11-18H2,1-3H3,(H,24,25). The van der Waals surface area contributed by atoms with Gasteiger partial charge in [-0.3, -0.25) is 9.69 Å². The summed E-state index contributed by atoms with van der Waals surface area (Å²) in [5, 5.41) is 3.47. The lowest BCUT2D eigenvalue weighted by Crippen LogP contribution is -2.56. The summed E-state index contributed by atoms with van der Waals surface area (Å²) >= 11 is 0. The highest BCUT2D eigenvalue weighted by atomic mass is 16.2. The number of likely N-dealkylation sites (tertiary alicyclic amines) is 2. The third kappa shape index (κ3) is 5.95. The van der Waals surface area contributed by atoms with Crippen molar-refractivity contribution in [1.82, 2.24) is 20.0 Å². The van der Waals surface area contributed by atoms with Gasteiger partial charge in [0, 0.05) is 46.3 Å². The zero-order chi connectivity index (χ0) is 20.6. The van der Waals surface area contributed by atoms with Gasteiger partial charge in [-0.25, -0.2) is 4.99 Å². The molecule has 2 saturated heterocycles. The van der Waals surface area contributed by atoms with Crippen molar-refractivity contribution in [2.45, 2.75) is 45.2 Å². The Morgan fingerprint density at radius 3 is 2.72 bits per heavy atom. The normalized spacial score (nSPS) is 22.9. The number of carbonyl (C=O) groups is 1. The van der Waals surface area contributed by atoms with E-state index in [1.807, 2.05) is 0 Å². The summed E-state index contributed by atoms with van der Waals surface area (Å²) in [5.74, 6) is 1.61. The molecule has 6 heteroatoms. The topological polar surface area (TPSA) is 51.2 Å². The van der Waals surface area contributed by atoms with E-state index in [-0.39, 0.29) is 12.5 Å². The third-order valence-corrected chi connectivity index (χ3v) is 6.11. The molecule has 0 spiro atoms. The quantitative estimate of drug-likeness (QED) is 0.590. The molecule has 160 valence electrons. The van der Waals surface area contributed by atoms with E-state index in [9.17, 15) is 4.79 Å². The molecule has 0 bridgehead atoms. The Kier molecular flexibility index (Phi) is 7.92. The Balaban J connectivity index is 1.64. The van der Waals surface area contributed by atoms with Gasteiger partial charge in [-0.1, -0.05) is 37.3 Å². The summed E-state index contributed by atoms with van der Waals surface area (Å²) in [6.45, 7) is 7.53. The van der Waals surface area contributed by atoms with Crippen LogP contribution in [0.25, 0.3) is 0 Å². The number of fused-ring (bicyclic) bond motifs is 1. The Bertz CT molecular complexity index is 675. The fourth-order valence-corrected chi connectivity index (χ4v) is 4.50. The van der Waals surface area contributed by atoms with Gasteiger partial charge in [0.25, 0.3) is 0 Å². The molecule has 1 amide bonds. The van der Waals surface area contributed by atoms with Gasteiger partial charge in [0.1, 0.15) is 6.54 Å². The van der Waals surface area contributed by atoms with Gasteiger partial charge in [-0.15, -0.1) is 0 Å². The molecule has 0 aromatic heterocycles.